The number of aliphatic hydroxyl groups is 1. The monoisotopic (exact) mass is 364 g/mol. The number of hydrogen-bond acceptors (Lipinski definition) is 2. The van der Waals surface area contributed by atoms with Crippen molar-refractivity contribution in [3.8, 4) is 0 Å². The summed E-state index contributed by atoms with van der Waals surface area (Å²) in [5, 5.41) is 20.2. The molecule has 4 rings (SSSR count). The Balaban J connectivity index is 1.84. The van der Waals surface area contributed by atoms with Gasteiger partial charge in [-0.2, -0.15) is 0 Å². The number of hydrogen-bond donors (Lipinski definition) is 2. The SMILES string of the molecule is C[C@@]1(O)CC[C@@]2(Cc3ccccc3)c3ccc(C(=O)O)cc3CCC[C@H]2C1. The maximum absolute atomic E-state index is 11.5. The second-order valence-electron chi connectivity index (χ2n) is 8.79. The molecule has 3 heteroatoms. The molecule has 0 saturated heterocycles. The third kappa shape index (κ3) is 3.41. The molecule has 0 radical (unpaired) electrons. The van der Waals surface area contributed by atoms with Crippen LogP contribution in [0.5, 0.6) is 0 Å². The third-order valence-electron chi connectivity index (χ3n) is 6.83. The van der Waals surface area contributed by atoms with Crippen LogP contribution in [-0.2, 0) is 18.3 Å². The van der Waals surface area contributed by atoms with Gasteiger partial charge in [0.05, 0.1) is 11.2 Å². The molecule has 27 heavy (non-hydrogen) atoms. The molecule has 2 N–H and O–H groups in total. The number of benzene rings is 2. The topological polar surface area (TPSA) is 57.5 Å². The Morgan fingerprint density at radius 3 is 2.67 bits per heavy atom. The molecular formula is C24H28O3. The maximum Gasteiger partial charge on any atom is 0.335 e. The molecule has 1 fully saturated rings. The van der Waals surface area contributed by atoms with Crippen molar-refractivity contribution in [2.75, 3.05) is 0 Å². The molecule has 0 bridgehead atoms. The summed E-state index contributed by atoms with van der Waals surface area (Å²) in [7, 11) is 0. The number of aromatic carboxylic acids is 1. The third-order valence-corrected chi connectivity index (χ3v) is 6.83. The van der Waals surface area contributed by atoms with E-state index < -0.39 is 11.6 Å². The van der Waals surface area contributed by atoms with E-state index in [1.165, 1.54) is 16.7 Å². The van der Waals surface area contributed by atoms with Crippen LogP contribution in [0.3, 0.4) is 0 Å². The molecular weight excluding hydrogens is 336 g/mol. The van der Waals surface area contributed by atoms with Crippen molar-refractivity contribution < 1.29 is 15.0 Å². The summed E-state index contributed by atoms with van der Waals surface area (Å²) in [6.07, 6.45) is 6.56. The highest BCUT2D eigenvalue weighted by molar-refractivity contribution is 5.88. The van der Waals surface area contributed by atoms with Crippen LogP contribution in [0, 0.1) is 5.92 Å². The molecule has 3 nitrogen and oxygen atoms in total. The molecule has 142 valence electrons. The van der Waals surface area contributed by atoms with Crippen LogP contribution < -0.4 is 0 Å². The molecule has 0 spiro atoms. The van der Waals surface area contributed by atoms with E-state index in [1.807, 2.05) is 19.1 Å². The Bertz CT molecular complexity index is 840. The number of rotatable bonds is 3. The van der Waals surface area contributed by atoms with Crippen molar-refractivity contribution in [1.29, 1.82) is 0 Å². The van der Waals surface area contributed by atoms with Crippen molar-refractivity contribution in [2.24, 2.45) is 5.92 Å². The standard InChI is InChI=1S/C24H28O3/c1-23(27)12-13-24(15-17-6-3-2-4-7-17)20(16-23)9-5-8-18-14-19(22(25)26)10-11-21(18)24/h2-4,6-7,10-11,14,20,27H,5,8-9,12-13,15-16H2,1H3,(H,25,26)/t20-,23+,24-/m0/s1. The summed E-state index contributed by atoms with van der Waals surface area (Å²) in [6, 6.07) is 16.3. The van der Waals surface area contributed by atoms with Gasteiger partial charge in [-0.05, 0) is 86.6 Å². The molecule has 2 aliphatic carbocycles. The Labute approximate surface area is 161 Å². The van der Waals surface area contributed by atoms with E-state index in [0.29, 0.717) is 11.5 Å². The first kappa shape index (κ1) is 18.2. The Hall–Kier alpha value is -2.13. The minimum Gasteiger partial charge on any atom is -0.478 e. The zero-order chi connectivity index (χ0) is 19.1. The van der Waals surface area contributed by atoms with Gasteiger partial charge in [0.25, 0.3) is 0 Å². The highest BCUT2D eigenvalue weighted by Gasteiger charge is 2.49. The summed E-state index contributed by atoms with van der Waals surface area (Å²) in [4.78, 5) is 11.5. The van der Waals surface area contributed by atoms with E-state index >= 15 is 0 Å². The molecule has 1 saturated carbocycles. The van der Waals surface area contributed by atoms with Crippen molar-refractivity contribution in [2.45, 2.75) is 62.9 Å². The van der Waals surface area contributed by atoms with E-state index in [9.17, 15) is 15.0 Å². The first-order valence-electron chi connectivity index (χ1n) is 10.0. The molecule has 3 atom stereocenters. The lowest BCUT2D eigenvalue weighted by atomic mass is 9.56. The summed E-state index contributed by atoms with van der Waals surface area (Å²) in [5.74, 6) is -0.444. The van der Waals surface area contributed by atoms with Gasteiger partial charge in [-0.15, -0.1) is 0 Å². The van der Waals surface area contributed by atoms with Crippen LogP contribution in [0.1, 0.15) is 66.1 Å². The number of carboxylic acid groups (broad SMARTS) is 1. The van der Waals surface area contributed by atoms with Gasteiger partial charge in [-0.25, -0.2) is 4.79 Å². The minimum atomic E-state index is -0.859. The van der Waals surface area contributed by atoms with Crippen LogP contribution in [0.15, 0.2) is 48.5 Å². The highest BCUT2D eigenvalue weighted by atomic mass is 16.4. The van der Waals surface area contributed by atoms with Crippen LogP contribution in [0.2, 0.25) is 0 Å². The Kier molecular flexibility index (Phi) is 4.59. The van der Waals surface area contributed by atoms with Gasteiger partial charge < -0.3 is 10.2 Å². The second-order valence-corrected chi connectivity index (χ2v) is 8.79. The zero-order valence-electron chi connectivity index (χ0n) is 15.9. The first-order valence-corrected chi connectivity index (χ1v) is 10.0. The molecule has 0 amide bonds. The van der Waals surface area contributed by atoms with Gasteiger partial charge in [0, 0.05) is 5.41 Å². The van der Waals surface area contributed by atoms with E-state index in [4.69, 9.17) is 0 Å². The number of fused-ring (bicyclic) bond motifs is 3. The molecule has 0 aromatic heterocycles. The van der Waals surface area contributed by atoms with Gasteiger partial charge in [0.15, 0.2) is 0 Å². The fraction of sp³-hybridized carbons (Fsp3) is 0.458. The summed E-state index contributed by atoms with van der Waals surface area (Å²) in [6.45, 7) is 1.97. The van der Waals surface area contributed by atoms with E-state index in [1.54, 1.807) is 6.07 Å². The lowest BCUT2D eigenvalue weighted by Gasteiger charge is -2.49. The van der Waals surface area contributed by atoms with Crippen molar-refractivity contribution >= 4 is 5.97 Å². The predicted octanol–water partition coefficient (Wildman–Crippen LogP) is 4.75. The maximum atomic E-state index is 11.5. The van der Waals surface area contributed by atoms with Gasteiger partial charge in [-0.1, -0.05) is 36.4 Å². The molecule has 2 aromatic carbocycles. The smallest absolute Gasteiger partial charge is 0.335 e. The molecule has 0 heterocycles. The van der Waals surface area contributed by atoms with Gasteiger partial charge in [0.1, 0.15) is 0 Å². The first-order chi connectivity index (χ1) is 12.9. The van der Waals surface area contributed by atoms with Crippen LogP contribution in [-0.4, -0.2) is 21.8 Å². The zero-order valence-corrected chi connectivity index (χ0v) is 15.9. The molecule has 0 unspecified atom stereocenters. The van der Waals surface area contributed by atoms with Gasteiger partial charge in [-0.3, -0.25) is 0 Å². The second kappa shape index (κ2) is 6.79. The average Bonchev–Trinajstić information content (AvgIpc) is 2.78. The van der Waals surface area contributed by atoms with Crippen molar-refractivity contribution in [1.82, 2.24) is 0 Å². The Morgan fingerprint density at radius 2 is 1.93 bits per heavy atom. The number of carboxylic acids is 1. The van der Waals surface area contributed by atoms with E-state index in [-0.39, 0.29) is 5.41 Å². The minimum absolute atomic E-state index is 0.0214. The molecule has 2 aromatic rings. The van der Waals surface area contributed by atoms with Gasteiger partial charge >= 0.3 is 5.97 Å². The molecule has 0 aliphatic heterocycles. The van der Waals surface area contributed by atoms with Crippen LogP contribution in [0.4, 0.5) is 0 Å². The van der Waals surface area contributed by atoms with Crippen molar-refractivity contribution in [3.05, 3.63) is 70.8 Å². The summed E-state index contributed by atoms with van der Waals surface area (Å²) < 4.78 is 0. The van der Waals surface area contributed by atoms with Crippen LogP contribution >= 0.6 is 0 Å². The normalized spacial score (nSPS) is 30.1. The largest absolute Gasteiger partial charge is 0.478 e. The van der Waals surface area contributed by atoms with E-state index in [2.05, 4.69) is 30.3 Å². The van der Waals surface area contributed by atoms with Crippen molar-refractivity contribution in [3.63, 3.8) is 0 Å². The fourth-order valence-corrected chi connectivity index (χ4v) is 5.50. The quantitative estimate of drug-likeness (QED) is 0.826. The summed E-state index contributed by atoms with van der Waals surface area (Å²) >= 11 is 0. The number of carbonyl (C=O) groups is 1. The Morgan fingerprint density at radius 1 is 1.15 bits per heavy atom. The number of aryl methyl sites for hydroxylation is 1. The summed E-state index contributed by atoms with van der Waals surface area (Å²) in [5.41, 5.74) is 3.58. The average molecular weight is 364 g/mol. The van der Waals surface area contributed by atoms with Crippen LogP contribution in [0.25, 0.3) is 0 Å². The predicted molar refractivity (Wildman–Crippen MR) is 106 cm³/mol. The van der Waals surface area contributed by atoms with Gasteiger partial charge in [0.2, 0.25) is 0 Å². The van der Waals surface area contributed by atoms with E-state index in [0.717, 1.165) is 44.9 Å². The highest BCUT2D eigenvalue weighted by Crippen LogP contribution is 2.53. The fourth-order valence-electron chi connectivity index (χ4n) is 5.50. The lowest BCUT2D eigenvalue weighted by molar-refractivity contribution is -0.0330. The molecule has 2 aliphatic rings. The lowest BCUT2D eigenvalue weighted by Crippen LogP contribution is -2.47.